The number of nitrogens with one attached hydrogen (secondary N) is 1. The van der Waals surface area contributed by atoms with Gasteiger partial charge in [-0.1, -0.05) is 18.2 Å². The Bertz CT molecular complexity index is 782. The Hall–Kier alpha value is -2.71. The van der Waals surface area contributed by atoms with Crippen LogP contribution in [0.5, 0.6) is 0 Å². The van der Waals surface area contributed by atoms with Gasteiger partial charge in [-0.15, -0.1) is 10.2 Å². The summed E-state index contributed by atoms with van der Waals surface area (Å²) in [5, 5.41) is 20.6. The van der Waals surface area contributed by atoms with Gasteiger partial charge in [0.05, 0.1) is 17.7 Å². The normalized spacial score (nSPS) is 12.2. The van der Waals surface area contributed by atoms with Gasteiger partial charge in [0.2, 0.25) is 0 Å². The highest BCUT2D eigenvalue weighted by Crippen LogP contribution is 2.13. The number of rotatable bonds is 4. The first kappa shape index (κ1) is 13.3. The van der Waals surface area contributed by atoms with Crippen LogP contribution in [0.15, 0.2) is 48.7 Å². The van der Waals surface area contributed by atoms with Gasteiger partial charge in [0, 0.05) is 12.7 Å². The van der Waals surface area contributed by atoms with Crippen molar-refractivity contribution in [3.05, 3.63) is 65.6 Å². The molecule has 0 aliphatic carbocycles. The van der Waals surface area contributed by atoms with E-state index in [0.717, 1.165) is 17.0 Å². The lowest BCUT2D eigenvalue weighted by atomic mass is 10.1. The van der Waals surface area contributed by atoms with Gasteiger partial charge in [0.15, 0.2) is 11.5 Å². The van der Waals surface area contributed by atoms with Crippen LogP contribution in [0.1, 0.15) is 29.9 Å². The Morgan fingerprint density at radius 3 is 2.76 bits per heavy atom. The SMILES string of the molecule is CC(NCc1ccc(C#N)cc1)c1nnc2ccccn12. The number of fused-ring (bicyclic) bond motifs is 1. The number of aromatic nitrogens is 3. The summed E-state index contributed by atoms with van der Waals surface area (Å²) in [6, 6.07) is 15.6. The second kappa shape index (κ2) is 5.73. The predicted molar refractivity (Wildman–Crippen MR) is 79.4 cm³/mol. The largest absolute Gasteiger partial charge is 0.303 e. The van der Waals surface area contributed by atoms with E-state index >= 15 is 0 Å². The summed E-state index contributed by atoms with van der Waals surface area (Å²) in [5.41, 5.74) is 2.66. The minimum atomic E-state index is 0.0815. The van der Waals surface area contributed by atoms with Crippen LogP contribution in [0.25, 0.3) is 5.65 Å². The predicted octanol–water partition coefficient (Wildman–Crippen LogP) is 2.45. The zero-order valence-corrected chi connectivity index (χ0v) is 11.7. The molecule has 0 bridgehead atoms. The first-order chi connectivity index (χ1) is 10.3. The molecule has 0 saturated carbocycles. The van der Waals surface area contributed by atoms with E-state index in [1.54, 1.807) is 0 Å². The molecule has 1 N–H and O–H groups in total. The summed E-state index contributed by atoms with van der Waals surface area (Å²) in [6.45, 7) is 2.78. The third kappa shape index (κ3) is 2.76. The lowest BCUT2D eigenvalue weighted by molar-refractivity contribution is 0.541. The molecule has 0 spiro atoms. The van der Waals surface area contributed by atoms with Crippen molar-refractivity contribution in [2.24, 2.45) is 0 Å². The number of pyridine rings is 1. The van der Waals surface area contributed by atoms with Crippen LogP contribution in [-0.4, -0.2) is 14.6 Å². The van der Waals surface area contributed by atoms with Crippen LogP contribution in [0.4, 0.5) is 0 Å². The number of hydrogen-bond donors (Lipinski definition) is 1. The highest BCUT2D eigenvalue weighted by Gasteiger charge is 2.12. The molecule has 0 aliphatic heterocycles. The van der Waals surface area contributed by atoms with E-state index in [2.05, 4.69) is 28.5 Å². The van der Waals surface area contributed by atoms with Crippen molar-refractivity contribution < 1.29 is 0 Å². The summed E-state index contributed by atoms with van der Waals surface area (Å²) < 4.78 is 1.98. The average Bonchev–Trinajstić information content (AvgIpc) is 2.97. The van der Waals surface area contributed by atoms with Gasteiger partial charge >= 0.3 is 0 Å². The standard InChI is InChI=1S/C16H15N5/c1-12(16-20-19-15-4-2-3-9-21(15)16)18-11-14-7-5-13(10-17)6-8-14/h2-9,12,18H,11H2,1H3. The van der Waals surface area contributed by atoms with Crippen molar-refractivity contribution in [3.8, 4) is 6.07 Å². The molecule has 21 heavy (non-hydrogen) atoms. The monoisotopic (exact) mass is 277 g/mol. The van der Waals surface area contributed by atoms with E-state index < -0.39 is 0 Å². The Labute approximate surface area is 122 Å². The van der Waals surface area contributed by atoms with Gasteiger partial charge in [-0.25, -0.2) is 0 Å². The molecule has 0 radical (unpaired) electrons. The van der Waals surface area contributed by atoms with E-state index in [9.17, 15) is 0 Å². The Morgan fingerprint density at radius 2 is 2.00 bits per heavy atom. The maximum atomic E-state index is 8.79. The summed E-state index contributed by atoms with van der Waals surface area (Å²) in [6.07, 6.45) is 1.96. The molecular weight excluding hydrogens is 262 g/mol. The average molecular weight is 277 g/mol. The molecule has 0 aliphatic rings. The van der Waals surface area contributed by atoms with Crippen LogP contribution >= 0.6 is 0 Å². The molecule has 5 nitrogen and oxygen atoms in total. The third-order valence-corrected chi connectivity index (χ3v) is 3.42. The second-order valence-electron chi connectivity index (χ2n) is 4.90. The van der Waals surface area contributed by atoms with Crippen molar-refractivity contribution in [2.75, 3.05) is 0 Å². The topological polar surface area (TPSA) is 66.0 Å². The number of benzene rings is 1. The quantitative estimate of drug-likeness (QED) is 0.795. The third-order valence-electron chi connectivity index (χ3n) is 3.42. The van der Waals surface area contributed by atoms with Crippen molar-refractivity contribution in [1.82, 2.24) is 19.9 Å². The van der Waals surface area contributed by atoms with E-state index in [1.165, 1.54) is 0 Å². The Kier molecular flexibility index (Phi) is 3.63. The minimum absolute atomic E-state index is 0.0815. The molecular formula is C16H15N5. The van der Waals surface area contributed by atoms with Crippen molar-refractivity contribution >= 4 is 5.65 Å². The molecule has 1 unspecified atom stereocenters. The van der Waals surface area contributed by atoms with Crippen LogP contribution in [0.2, 0.25) is 0 Å². The van der Waals surface area contributed by atoms with Crippen molar-refractivity contribution in [1.29, 1.82) is 5.26 Å². The van der Waals surface area contributed by atoms with E-state index in [4.69, 9.17) is 5.26 Å². The molecule has 3 rings (SSSR count). The van der Waals surface area contributed by atoms with Crippen LogP contribution in [0, 0.1) is 11.3 Å². The minimum Gasteiger partial charge on any atom is -0.303 e. The maximum Gasteiger partial charge on any atom is 0.160 e. The van der Waals surface area contributed by atoms with Crippen molar-refractivity contribution in [2.45, 2.75) is 19.5 Å². The molecule has 0 fully saturated rings. The van der Waals surface area contributed by atoms with Gasteiger partial charge in [0.25, 0.3) is 0 Å². The van der Waals surface area contributed by atoms with Gasteiger partial charge in [-0.3, -0.25) is 4.40 Å². The molecule has 5 heteroatoms. The number of nitrogens with zero attached hydrogens (tertiary/aromatic N) is 4. The van der Waals surface area contributed by atoms with E-state index in [-0.39, 0.29) is 6.04 Å². The van der Waals surface area contributed by atoms with Crippen LogP contribution in [0.3, 0.4) is 0 Å². The Morgan fingerprint density at radius 1 is 1.19 bits per heavy atom. The van der Waals surface area contributed by atoms with Gasteiger partial charge in [-0.05, 0) is 36.8 Å². The van der Waals surface area contributed by atoms with E-state index in [1.807, 2.05) is 53.1 Å². The van der Waals surface area contributed by atoms with Gasteiger partial charge in [-0.2, -0.15) is 5.26 Å². The van der Waals surface area contributed by atoms with Crippen LogP contribution < -0.4 is 5.32 Å². The highest BCUT2D eigenvalue weighted by atomic mass is 15.3. The summed E-state index contributed by atoms with van der Waals surface area (Å²) in [5.74, 6) is 0.888. The molecule has 1 aromatic carbocycles. The Balaban J connectivity index is 1.71. The van der Waals surface area contributed by atoms with Crippen LogP contribution in [-0.2, 0) is 6.54 Å². The fourth-order valence-corrected chi connectivity index (χ4v) is 2.21. The summed E-state index contributed by atoms with van der Waals surface area (Å²) >= 11 is 0. The molecule has 0 saturated heterocycles. The lowest BCUT2D eigenvalue weighted by Crippen LogP contribution is -2.20. The first-order valence-corrected chi connectivity index (χ1v) is 6.80. The number of hydrogen-bond acceptors (Lipinski definition) is 4. The molecule has 0 amide bonds. The molecule has 2 aromatic heterocycles. The smallest absolute Gasteiger partial charge is 0.160 e. The second-order valence-corrected chi connectivity index (χ2v) is 4.90. The molecule has 104 valence electrons. The van der Waals surface area contributed by atoms with Gasteiger partial charge < -0.3 is 5.32 Å². The molecule has 2 heterocycles. The fourth-order valence-electron chi connectivity index (χ4n) is 2.21. The van der Waals surface area contributed by atoms with Crippen molar-refractivity contribution in [3.63, 3.8) is 0 Å². The van der Waals surface area contributed by atoms with Gasteiger partial charge in [0.1, 0.15) is 0 Å². The maximum absolute atomic E-state index is 8.79. The highest BCUT2D eigenvalue weighted by molar-refractivity contribution is 5.37. The summed E-state index contributed by atoms with van der Waals surface area (Å²) in [4.78, 5) is 0. The lowest BCUT2D eigenvalue weighted by Gasteiger charge is -2.12. The summed E-state index contributed by atoms with van der Waals surface area (Å²) in [7, 11) is 0. The zero-order chi connectivity index (χ0) is 14.7. The fraction of sp³-hybridized carbons (Fsp3) is 0.188. The number of nitriles is 1. The van der Waals surface area contributed by atoms with E-state index in [0.29, 0.717) is 12.1 Å². The first-order valence-electron chi connectivity index (χ1n) is 6.80. The zero-order valence-electron chi connectivity index (χ0n) is 11.7. The molecule has 1 atom stereocenters. The molecule has 3 aromatic rings.